The van der Waals surface area contributed by atoms with Crippen molar-refractivity contribution < 1.29 is 18.0 Å². The van der Waals surface area contributed by atoms with Gasteiger partial charge in [-0.3, -0.25) is 13.9 Å². The predicted molar refractivity (Wildman–Crippen MR) is 142 cm³/mol. The lowest BCUT2D eigenvalue weighted by Gasteiger charge is -2.33. The second-order valence-corrected chi connectivity index (χ2v) is 12.2. The number of sulfonamides is 1. The van der Waals surface area contributed by atoms with Gasteiger partial charge in [0, 0.05) is 12.1 Å². The smallest absolute Gasteiger partial charge is 0.244 e. The first-order valence-corrected chi connectivity index (χ1v) is 13.8. The number of rotatable bonds is 10. The molecule has 0 spiro atoms. The molecule has 2 aromatic rings. The van der Waals surface area contributed by atoms with Crippen LogP contribution in [0.5, 0.6) is 0 Å². The molecule has 7 nitrogen and oxygen atoms in total. The Kier molecular flexibility index (Phi) is 9.49. The van der Waals surface area contributed by atoms with E-state index in [1.54, 1.807) is 19.1 Å². The van der Waals surface area contributed by atoms with Gasteiger partial charge in [0.25, 0.3) is 0 Å². The fourth-order valence-electron chi connectivity index (χ4n) is 3.68. The fraction of sp³-hybridized carbons (Fsp3) is 0.481. The van der Waals surface area contributed by atoms with Crippen molar-refractivity contribution >= 4 is 27.5 Å². The molecule has 0 heterocycles. The van der Waals surface area contributed by atoms with E-state index in [2.05, 4.69) is 19.2 Å². The van der Waals surface area contributed by atoms with Gasteiger partial charge in [-0.05, 0) is 63.3 Å². The van der Waals surface area contributed by atoms with Crippen LogP contribution < -0.4 is 9.62 Å². The Hall–Kier alpha value is -2.87. The number of carbonyl (C=O) groups excluding carboxylic acids is 2. The molecule has 0 saturated carbocycles. The Balaban J connectivity index is 2.33. The molecule has 1 unspecified atom stereocenters. The van der Waals surface area contributed by atoms with E-state index in [1.807, 2.05) is 63.2 Å². The van der Waals surface area contributed by atoms with Crippen molar-refractivity contribution in [3.05, 3.63) is 65.7 Å². The van der Waals surface area contributed by atoms with Crippen molar-refractivity contribution in [1.29, 1.82) is 0 Å². The first-order valence-electron chi connectivity index (χ1n) is 11.9. The average molecular weight is 502 g/mol. The monoisotopic (exact) mass is 501 g/mol. The van der Waals surface area contributed by atoms with E-state index in [0.29, 0.717) is 18.0 Å². The van der Waals surface area contributed by atoms with Gasteiger partial charge in [-0.15, -0.1) is 0 Å². The molecule has 0 saturated heterocycles. The predicted octanol–water partition coefficient (Wildman–Crippen LogP) is 3.95. The van der Waals surface area contributed by atoms with Gasteiger partial charge in [0.05, 0.1) is 11.9 Å². The van der Waals surface area contributed by atoms with Crippen LogP contribution >= 0.6 is 0 Å². The SMILES string of the molecule is CC(C)c1ccc(N(CC(=O)N(CCc2ccccc2)C(C)C(=O)NC(C)(C)C)S(C)(=O)=O)cc1. The Morgan fingerprint density at radius 2 is 1.51 bits per heavy atom. The summed E-state index contributed by atoms with van der Waals surface area (Å²) in [7, 11) is -3.74. The van der Waals surface area contributed by atoms with E-state index in [9.17, 15) is 18.0 Å². The van der Waals surface area contributed by atoms with E-state index >= 15 is 0 Å². The Bertz CT molecular complexity index is 1090. The number of hydrogen-bond donors (Lipinski definition) is 1. The number of hydrogen-bond acceptors (Lipinski definition) is 4. The number of nitrogens with one attached hydrogen (secondary N) is 1. The molecule has 0 fully saturated rings. The van der Waals surface area contributed by atoms with Crippen LogP contribution in [0, 0.1) is 0 Å². The van der Waals surface area contributed by atoms with Gasteiger partial charge >= 0.3 is 0 Å². The maximum Gasteiger partial charge on any atom is 0.244 e. The molecule has 8 heteroatoms. The first kappa shape index (κ1) is 28.4. The summed E-state index contributed by atoms with van der Waals surface area (Å²) in [5, 5.41) is 2.92. The molecule has 0 aliphatic carbocycles. The molecule has 1 atom stereocenters. The zero-order chi connectivity index (χ0) is 26.4. The van der Waals surface area contributed by atoms with Crippen LogP contribution in [-0.4, -0.2) is 56.1 Å². The maximum absolute atomic E-state index is 13.5. The highest BCUT2D eigenvalue weighted by Gasteiger charge is 2.31. The third kappa shape index (κ3) is 8.69. The minimum Gasteiger partial charge on any atom is -0.350 e. The molecule has 2 rings (SSSR count). The summed E-state index contributed by atoms with van der Waals surface area (Å²) in [5.74, 6) is -0.421. The van der Waals surface area contributed by atoms with Gasteiger partial charge < -0.3 is 10.2 Å². The zero-order valence-corrected chi connectivity index (χ0v) is 22.7. The van der Waals surface area contributed by atoms with E-state index in [4.69, 9.17) is 0 Å². The molecule has 0 bridgehead atoms. The molecule has 2 aromatic carbocycles. The molecule has 0 aliphatic heterocycles. The molecule has 2 amide bonds. The summed E-state index contributed by atoms with van der Waals surface area (Å²) in [4.78, 5) is 27.9. The molecule has 0 radical (unpaired) electrons. The Labute approximate surface area is 210 Å². The summed E-state index contributed by atoms with van der Waals surface area (Å²) in [6.45, 7) is 11.3. The van der Waals surface area contributed by atoms with Gasteiger partial charge in [0.1, 0.15) is 12.6 Å². The highest BCUT2D eigenvalue weighted by Crippen LogP contribution is 2.22. The summed E-state index contributed by atoms with van der Waals surface area (Å²) in [6, 6.07) is 16.1. The van der Waals surface area contributed by atoms with Gasteiger partial charge in [-0.1, -0.05) is 56.3 Å². The minimum atomic E-state index is -3.74. The van der Waals surface area contributed by atoms with Crippen LogP contribution in [0.4, 0.5) is 5.69 Å². The first-order chi connectivity index (χ1) is 16.2. The molecule has 192 valence electrons. The molecule has 0 aromatic heterocycles. The largest absolute Gasteiger partial charge is 0.350 e. The summed E-state index contributed by atoms with van der Waals surface area (Å²) in [6.07, 6.45) is 1.63. The number of nitrogens with zero attached hydrogens (tertiary/aromatic N) is 2. The van der Waals surface area contributed by atoms with Gasteiger partial charge in [0.15, 0.2) is 0 Å². The highest BCUT2D eigenvalue weighted by atomic mass is 32.2. The lowest BCUT2D eigenvalue weighted by atomic mass is 10.0. The average Bonchev–Trinajstić information content (AvgIpc) is 2.76. The number of anilines is 1. The lowest BCUT2D eigenvalue weighted by Crippen LogP contribution is -2.55. The van der Waals surface area contributed by atoms with Crippen molar-refractivity contribution in [2.75, 3.05) is 23.7 Å². The lowest BCUT2D eigenvalue weighted by molar-refractivity contribution is -0.139. The van der Waals surface area contributed by atoms with E-state index < -0.39 is 27.5 Å². The van der Waals surface area contributed by atoms with Crippen molar-refractivity contribution in [1.82, 2.24) is 10.2 Å². The summed E-state index contributed by atoms with van der Waals surface area (Å²) in [5.41, 5.74) is 2.06. The number of carbonyl (C=O) groups is 2. The van der Waals surface area contributed by atoms with Crippen LogP contribution in [0.2, 0.25) is 0 Å². The molecular weight excluding hydrogens is 462 g/mol. The van der Waals surface area contributed by atoms with Crippen LogP contribution in [0.1, 0.15) is 58.6 Å². The molecule has 0 aliphatic rings. The summed E-state index contributed by atoms with van der Waals surface area (Å²) >= 11 is 0. The van der Waals surface area contributed by atoms with Crippen LogP contribution in [0.3, 0.4) is 0 Å². The standard InChI is InChI=1S/C27H39N3O4S/c1-20(2)23-13-15-24(16-14-23)30(35(7,33)34)19-25(31)29(18-17-22-11-9-8-10-12-22)21(3)26(32)28-27(4,5)6/h8-16,20-21H,17-19H2,1-7H3,(H,28,32). The number of amides is 2. The van der Waals surface area contributed by atoms with Crippen molar-refractivity contribution in [2.24, 2.45) is 0 Å². The maximum atomic E-state index is 13.5. The topological polar surface area (TPSA) is 86.8 Å². The third-order valence-electron chi connectivity index (χ3n) is 5.68. The van der Waals surface area contributed by atoms with Crippen molar-refractivity contribution in [2.45, 2.75) is 65.5 Å². The summed E-state index contributed by atoms with van der Waals surface area (Å²) < 4.78 is 26.4. The Morgan fingerprint density at radius 3 is 2.00 bits per heavy atom. The van der Waals surface area contributed by atoms with Gasteiger partial charge in [-0.25, -0.2) is 8.42 Å². The molecule has 35 heavy (non-hydrogen) atoms. The van der Waals surface area contributed by atoms with E-state index in [1.165, 1.54) is 4.90 Å². The van der Waals surface area contributed by atoms with Crippen LogP contribution in [-0.2, 0) is 26.0 Å². The number of benzene rings is 2. The van der Waals surface area contributed by atoms with Gasteiger partial charge in [-0.2, -0.15) is 0 Å². The van der Waals surface area contributed by atoms with E-state index in [-0.39, 0.29) is 19.0 Å². The second-order valence-electron chi connectivity index (χ2n) is 10.3. The van der Waals surface area contributed by atoms with Crippen LogP contribution in [0.15, 0.2) is 54.6 Å². The van der Waals surface area contributed by atoms with Crippen molar-refractivity contribution in [3.8, 4) is 0 Å². The van der Waals surface area contributed by atoms with Gasteiger partial charge in [0.2, 0.25) is 21.8 Å². The third-order valence-corrected chi connectivity index (χ3v) is 6.82. The molecule has 1 N–H and O–H groups in total. The normalized spacial score (nSPS) is 12.8. The molecular formula is C27H39N3O4S. The van der Waals surface area contributed by atoms with E-state index in [0.717, 1.165) is 21.7 Å². The highest BCUT2D eigenvalue weighted by molar-refractivity contribution is 7.92. The fourth-order valence-corrected chi connectivity index (χ4v) is 4.53. The minimum absolute atomic E-state index is 0.283. The van der Waals surface area contributed by atoms with Crippen LogP contribution in [0.25, 0.3) is 0 Å². The Morgan fingerprint density at radius 1 is 0.943 bits per heavy atom. The zero-order valence-electron chi connectivity index (χ0n) is 21.9. The van der Waals surface area contributed by atoms with Crippen molar-refractivity contribution in [3.63, 3.8) is 0 Å². The second kappa shape index (κ2) is 11.7. The quantitative estimate of drug-likeness (QED) is 0.534.